The first-order valence-corrected chi connectivity index (χ1v) is 31.5. The Kier molecular flexibility index (Phi) is 27.3. The van der Waals surface area contributed by atoms with Gasteiger partial charge in [0.2, 0.25) is 17.6 Å². The van der Waals surface area contributed by atoms with Crippen LogP contribution in [0.25, 0.3) is 5.69 Å². The maximum absolute atomic E-state index is 14.6. The quantitative estimate of drug-likeness (QED) is 0.0166. The number of esters is 1. The molecule has 3 heterocycles. The molecule has 25 heteroatoms. The predicted octanol–water partition coefficient (Wildman–Crippen LogP) is 9.16. The Morgan fingerprint density at radius 3 is 2.21 bits per heavy atom. The van der Waals surface area contributed by atoms with E-state index in [-0.39, 0.29) is 110 Å². The highest BCUT2D eigenvalue weighted by atomic mass is 35.5. The molecule has 21 nitrogen and oxygen atoms in total. The lowest BCUT2D eigenvalue weighted by Gasteiger charge is -2.38. The molecule has 1 saturated heterocycles. The van der Waals surface area contributed by atoms with Gasteiger partial charge in [-0.1, -0.05) is 69.0 Å². The van der Waals surface area contributed by atoms with Crippen LogP contribution >= 0.6 is 11.6 Å². The Bertz CT molecular complexity index is 3130. The molecule has 0 bridgehead atoms. The summed E-state index contributed by atoms with van der Waals surface area (Å²) in [6, 6.07) is 7.65. The second kappa shape index (κ2) is 34.0. The number of hydrogen-bond donors (Lipinski definition) is 7. The largest absolute Gasteiger partial charge is 0.456 e. The van der Waals surface area contributed by atoms with Crippen LogP contribution in [0.4, 0.5) is 24.5 Å². The number of cyclic esters (lactones) is 1. The van der Waals surface area contributed by atoms with Crippen molar-refractivity contribution in [2.24, 2.45) is 23.7 Å². The van der Waals surface area contributed by atoms with Gasteiger partial charge < -0.3 is 55.7 Å². The Labute approximate surface area is 533 Å². The number of carbonyl (C=O) groups excluding carboxylic acids is 8. The highest BCUT2D eigenvalue weighted by Crippen LogP contribution is 2.36. The van der Waals surface area contributed by atoms with Gasteiger partial charge in [-0.25, -0.2) is 9.48 Å². The molecule has 7 N–H and O–H groups in total. The number of hydrogen-bond acceptors (Lipinski definition) is 15. The van der Waals surface area contributed by atoms with Crippen molar-refractivity contribution in [1.82, 2.24) is 25.3 Å². The first-order valence-electron chi connectivity index (χ1n) is 31.1. The zero-order chi connectivity index (χ0) is 66.7. The molecule has 1 aromatic heterocycles. The number of aliphatic hydroxyl groups excluding tert-OH is 1. The van der Waals surface area contributed by atoms with Gasteiger partial charge in [-0.3, -0.25) is 33.6 Å². The van der Waals surface area contributed by atoms with Crippen LogP contribution in [0, 0.1) is 23.7 Å². The number of carbonyl (C=O) groups is 8. The first kappa shape index (κ1) is 73.0. The van der Waals surface area contributed by atoms with Gasteiger partial charge >= 0.3 is 12.1 Å². The Balaban J connectivity index is 1.11. The average molecular weight is 1290 g/mol. The fourth-order valence-corrected chi connectivity index (χ4v) is 12.3. The van der Waals surface area contributed by atoms with Crippen molar-refractivity contribution in [3.05, 3.63) is 106 Å². The SMILES string of the molecule is C=CC(=O)Nc1cc(Cl)cc(NC(=O)c2cnn(-c3ccc(C(=O)NCCNC(=O)CCC[C@@H]4/C=C(\C)CCCCC[C@@H](OC)C[C@@H](C)C(O)(O)C(=O)C(=O)N5CCCC[C@H]5C(=O)O[C@H](/C(C)=C/[C@@H]5CCC[C@H](OC)C5)[C@H](C)[C@@H](O)CC4=O)cc3)c2C(F)(F)F)c1. The van der Waals surface area contributed by atoms with E-state index in [4.69, 9.17) is 25.8 Å². The lowest BCUT2D eigenvalue weighted by atomic mass is 9.82. The lowest BCUT2D eigenvalue weighted by molar-refractivity contribution is -0.208. The van der Waals surface area contributed by atoms with E-state index in [0.717, 1.165) is 54.8 Å². The monoisotopic (exact) mass is 1290 g/mol. The number of aliphatic hydroxyl groups is 3. The van der Waals surface area contributed by atoms with E-state index in [2.05, 4.69) is 32.9 Å². The summed E-state index contributed by atoms with van der Waals surface area (Å²) in [5.41, 5.74) is -0.606. The molecule has 1 aliphatic carbocycles. The summed E-state index contributed by atoms with van der Waals surface area (Å²) >= 11 is 6.12. The molecule has 2 fully saturated rings. The van der Waals surface area contributed by atoms with Crippen molar-refractivity contribution in [1.29, 1.82) is 0 Å². The number of ether oxygens (including phenoxy) is 3. The number of alkyl halides is 3. The molecule has 498 valence electrons. The van der Waals surface area contributed by atoms with Crippen molar-refractivity contribution in [3.63, 3.8) is 0 Å². The number of fused-ring (bicyclic) bond motifs is 1. The third-order valence-electron chi connectivity index (χ3n) is 17.3. The molecule has 3 aromatic rings. The number of nitrogens with zero attached hydrogens (tertiary/aromatic N) is 3. The number of halogens is 4. The molecule has 0 unspecified atom stereocenters. The Morgan fingerprint density at radius 1 is 0.868 bits per heavy atom. The molecule has 2 aromatic carbocycles. The van der Waals surface area contributed by atoms with E-state index >= 15 is 0 Å². The van der Waals surface area contributed by atoms with Crippen LogP contribution in [0.2, 0.25) is 5.02 Å². The van der Waals surface area contributed by atoms with Crippen molar-refractivity contribution >= 4 is 70.0 Å². The van der Waals surface area contributed by atoms with Crippen molar-refractivity contribution < 1.29 is 81.1 Å². The fraction of sp³-hybridized carbons (Fsp3) is 0.561. The normalized spacial score (nSPS) is 25.2. The fourth-order valence-electron chi connectivity index (χ4n) is 12.0. The second-order valence-corrected chi connectivity index (χ2v) is 24.6. The van der Waals surface area contributed by atoms with E-state index in [1.54, 1.807) is 21.0 Å². The number of piperidine rings is 1. The summed E-state index contributed by atoms with van der Waals surface area (Å²) in [5, 5.41) is 48.7. The van der Waals surface area contributed by atoms with Crippen LogP contribution in [-0.2, 0) is 49.2 Å². The van der Waals surface area contributed by atoms with Gasteiger partial charge in [0.05, 0.1) is 35.8 Å². The van der Waals surface area contributed by atoms with Crippen molar-refractivity contribution in [2.45, 2.75) is 179 Å². The molecule has 3 aliphatic rings. The number of Topliss-reactive ketones (excluding diaryl/α,β-unsaturated/α-hetero) is 2. The van der Waals surface area contributed by atoms with E-state index in [1.165, 1.54) is 56.5 Å². The van der Waals surface area contributed by atoms with Crippen LogP contribution in [0.1, 0.15) is 163 Å². The van der Waals surface area contributed by atoms with Crippen LogP contribution in [0.15, 0.2) is 84.6 Å². The number of amides is 5. The van der Waals surface area contributed by atoms with Crippen LogP contribution in [-0.4, -0.2) is 147 Å². The highest BCUT2D eigenvalue weighted by molar-refractivity contribution is 6.39. The number of allylic oxidation sites excluding steroid dienone is 3. The van der Waals surface area contributed by atoms with E-state index in [9.17, 15) is 66.8 Å². The minimum atomic E-state index is -5.07. The Hall–Kier alpha value is -7.09. The topological polar surface area (TPSA) is 294 Å². The first-order chi connectivity index (χ1) is 43.1. The average Bonchev–Trinajstić information content (AvgIpc) is 1.80. The van der Waals surface area contributed by atoms with Gasteiger partial charge in [-0.15, -0.1) is 0 Å². The summed E-state index contributed by atoms with van der Waals surface area (Å²) in [6.45, 7) is 10.2. The number of methoxy groups -OCH3 is 2. The van der Waals surface area contributed by atoms with E-state index in [1.807, 2.05) is 19.1 Å². The molecule has 6 rings (SSSR count). The summed E-state index contributed by atoms with van der Waals surface area (Å²) in [4.78, 5) is 109. The maximum Gasteiger partial charge on any atom is 0.434 e. The summed E-state index contributed by atoms with van der Waals surface area (Å²) in [7, 11) is 3.14. The van der Waals surface area contributed by atoms with Crippen LogP contribution in [0.5, 0.6) is 0 Å². The van der Waals surface area contributed by atoms with E-state index in [0.29, 0.717) is 48.8 Å². The molecule has 0 spiro atoms. The predicted molar refractivity (Wildman–Crippen MR) is 334 cm³/mol. The third kappa shape index (κ3) is 20.7. The molecular formula is C66H87ClF3N7O14. The number of anilines is 2. The highest BCUT2D eigenvalue weighted by Gasteiger charge is 2.49. The number of ketones is 2. The van der Waals surface area contributed by atoms with Gasteiger partial charge in [0.1, 0.15) is 17.9 Å². The van der Waals surface area contributed by atoms with E-state index < -0.39 is 101 Å². The lowest BCUT2D eigenvalue weighted by Crippen LogP contribution is -2.58. The standard InChI is InChI=1S/C66H87ClF3N7O14/c1-8-56(80)74-47-34-46(67)35-48(36-47)75-62(84)52-38-73-77(59(52)66(68,69)70)49-25-23-44(24-26-49)61(83)72-28-27-71-57(81)22-15-18-45-30-39(2)16-10-9-11-19-50(89-6)32-41(4)65(87,88)60(82)63(85)76-29-13-12-21-53(76)64(86)91-58(42(5)54(78)37-55(45)79)40(3)31-43-17-14-20-51(33-43)90-7/h8,23-26,30-31,34-36,38,41-43,45,50-51,53-54,58,78,87-88H,1,9-22,27-29,32-33,37H2,2-7H3,(H,71,81)(H,72,83)(H,74,80)(H,75,84)/b39-30+,40-31+/t41-,42-,43+,45-,50-,51+,53+,54+,58-/m1/s1. The molecule has 0 radical (unpaired) electrons. The summed E-state index contributed by atoms with van der Waals surface area (Å²) in [5.74, 6) is -12.3. The minimum absolute atomic E-state index is 0.00535. The smallest absolute Gasteiger partial charge is 0.434 e. The van der Waals surface area contributed by atoms with Crippen molar-refractivity contribution in [3.8, 4) is 5.69 Å². The van der Waals surface area contributed by atoms with Crippen molar-refractivity contribution in [2.75, 3.05) is 44.5 Å². The molecule has 5 amide bonds. The molecule has 1 saturated carbocycles. The number of nitrogens with one attached hydrogen (secondary N) is 4. The van der Waals surface area contributed by atoms with Gasteiger partial charge in [0.15, 0.2) is 5.69 Å². The molecule has 91 heavy (non-hydrogen) atoms. The van der Waals surface area contributed by atoms with Crippen LogP contribution in [0.3, 0.4) is 0 Å². The zero-order valence-corrected chi connectivity index (χ0v) is 53.3. The molecule has 2 aliphatic heterocycles. The maximum atomic E-state index is 14.6. The van der Waals surface area contributed by atoms with Gasteiger partial charge in [-0.2, -0.15) is 18.3 Å². The van der Waals surface area contributed by atoms with Gasteiger partial charge in [-0.05, 0) is 151 Å². The number of benzene rings is 2. The van der Waals surface area contributed by atoms with Crippen LogP contribution < -0.4 is 21.3 Å². The number of aromatic nitrogens is 2. The third-order valence-corrected chi connectivity index (χ3v) is 17.5. The molecular weight excluding hydrogens is 1210 g/mol. The minimum Gasteiger partial charge on any atom is -0.456 e. The van der Waals surface area contributed by atoms with Gasteiger partial charge in [0, 0.05) is 86.4 Å². The Morgan fingerprint density at radius 2 is 1.53 bits per heavy atom. The number of rotatable bonds is 17. The molecule has 9 atom stereocenters. The van der Waals surface area contributed by atoms with Gasteiger partial charge in [0.25, 0.3) is 23.5 Å². The second-order valence-electron chi connectivity index (χ2n) is 24.2. The summed E-state index contributed by atoms with van der Waals surface area (Å²) < 4.78 is 61.9. The zero-order valence-electron chi connectivity index (χ0n) is 52.6. The summed E-state index contributed by atoms with van der Waals surface area (Å²) in [6.07, 6.45) is 5.60.